The number of hydrogen-bond acceptors (Lipinski definition) is 4. The third kappa shape index (κ3) is 4.31. The molecular weight excluding hydrogens is 335 g/mol. The number of aromatic nitrogens is 3. The van der Waals surface area contributed by atoms with Gasteiger partial charge in [-0.05, 0) is 37.6 Å². The van der Waals surface area contributed by atoms with Crippen molar-refractivity contribution in [3.05, 3.63) is 53.7 Å². The zero-order chi connectivity index (χ0) is 18.7. The van der Waals surface area contributed by atoms with Crippen LogP contribution in [0.2, 0.25) is 0 Å². The number of amides is 1. The normalized spacial score (nSPS) is 12.0. The van der Waals surface area contributed by atoms with Gasteiger partial charge in [0.1, 0.15) is 5.82 Å². The number of aliphatic hydroxyl groups is 1. The molecule has 7 heteroatoms. The van der Waals surface area contributed by atoms with Crippen LogP contribution >= 0.6 is 0 Å². The molecule has 1 aromatic carbocycles. The van der Waals surface area contributed by atoms with Crippen LogP contribution in [0, 0.1) is 5.82 Å². The molecular formula is C19H19FN4O2. The number of carbonyl (C=O) groups is 1. The maximum atomic E-state index is 14.2. The highest BCUT2D eigenvalue weighted by atomic mass is 19.1. The summed E-state index contributed by atoms with van der Waals surface area (Å²) in [6, 6.07) is 6.54. The van der Waals surface area contributed by atoms with Crippen molar-refractivity contribution >= 4 is 34.6 Å². The highest BCUT2D eigenvalue weighted by molar-refractivity contribution is 5.96. The minimum absolute atomic E-state index is 0.0455. The Bertz CT molecular complexity index is 959. The minimum Gasteiger partial charge on any atom is -0.390 e. The number of halogens is 1. The Kier molecular flexibility index (Phi) is 4.81. The molecule has 0 spiro atoms. The first-order valence-corrected chi connectivity index (χ1v) is 8.10. The van der Waals surface area contributed by atoms with Crippen LogP contribution in [-0.4, -0.2) is 31.8 Å². The number of carbonyl (C=O) groups excluding carboxylic acids is 1. The van der Waals surface area contributed by atoms with Gasteiger partial charge in [0.25, 0.3) is 0 Å². The van der Waals surface area contributed by atoms with Crippen molar-refractivity contribution in [3.8, 4) is 0 Å². The van der Waals surface area contributed by atoms with Crippen LogP contribution in [0.1, 0.15) is 31.5 Å². The lowest BCUT2D eigenvalue weighted by Crippen LogP contribution is -2.27. The summed E-state index contributed by atoms with van der Waals surface area (Å²) in [6.07, 6.45) is 6.90. The molecule has 3 N–H and O–H groups in total. The summed E-state index contributed by atoms with van der Waals surface area (Å²) in [6.45, 7) is 3.03. The molecule has 1 amide bonds. The number of nitrogens with zero attached hydrogens (tertiary/aromatic N) is 2. The lowest BCUT2D eigenvalue weighted by molar-refractivity contribution is -0.119. The maximum absolute atomic E-state index is 14.2. The number of nitrogens with one attached hydrogen (secondary N) is 2. The van der Waals surface area contributed by atoms with Crippen LogP contribution in [0.4, 0.5) is 10.1 Å². The smallest absolute Gasteiger partial charge is 0.227 e. The van der Waals surface area contributed by atoms with Gasteiger partial charge in [-0.25, -0.2) is 4.39 Å². The first kappa shape index (κ1) is 17.8. The van der Waals surface area contributed by atoms with E-state index in [1.807, 2.05) is 18.2 Å². The topological polar surface area (TPSA) is 90.9 Å². The predicted octanol–water partition coefficient (Wildman–Crippen LogP) is 3.37. The third-order valence-electron chi connectivity index (χ3n) is 3.67. The van der Waals surface area contributed by atoms with Crippen molar-refractivity contribution < 1.29 is 14.3 Å². The number of benzene rings is 1. The predicted molar refractivity (Wildman–Crippen MR) is 98.8 cm³/mol. The van der Waals surface area contributed by atoms with E-state index in [1.54, 1.807) is 18.5 Å². The van der Waals surface area contributed by atoms with Gasteiger partial charge in [0, 0.05) is 23.8 Å². The maximum Gasteiger partial charge on any atom is 0.227 e. The lowest BCUT2D eigenvalue weighted by atomic mass is 10.1. The summed E-state index contributed by atoms with van der Waals surface area (Å²) in [5.74, 6) is -1.04. The van der Waals surface area contributed by atoms with Gasteiger partial charge in [-0.3, -0.25) is 14.9 Å². The van der Waals surface area contributed by atoms with Crippen LogP contribution in [0.15, 0.2) is 36.7 Å². The Morgan fingerprint density at radius 3 is 2.88 bits per heavy atom. The Morgan fingerprint density at radius 1 is 1.38 bits per heavy atom. The van der Waals surface area contributed by atoms with Crippen molar-refractivity contribution in [1.29, 1.82) is 0 Å². The molecule has 0 aliphatic rings. The number of pyridine rings is 1. The monoisotopic (exact) mass is 354 g/mol. The molecule has 0 saturated heterocycles. The van der Waals surface area contributed by atoms with E-state index < -0.39 is 17.3 Å². The molecule has 26 heavy (non-hydrogen) atoms. The molecule has 2 aromatic heterocycles. The van der Waals surface area contributed by atoms with Gasteiger partial charge in [0.05, 0.1) is 28.9 Å². The summed E-state index contributed by atoms with van der Waals surface area (Å²) in [5.41, 5.74) is 0.919. The number of fused-ring (bicyclic) bond motifs is 1. The van der Waals surface area contributed by atoms with Gasteiger partial charge in [0.2, 0.25) is 5.91 Å². The SMILES string of the molecule is CC(C)(O)CC(=O)Nc1cc2c(/C=C/c3cccnc3)n[nH]c2cc1F. The molecule has 0 aliphatic heterocycles. The van der Waals surface area contributed by atoms with Crippen LogP contribution in [0.25, 0.3) is 23.1 Å². The zero-order valence-corrected chi connectivity index (χ0v) is 14.5. The van der Waals surface area contributed by atoms with Crippen LogP contribution < -0.4 is 5.32 Å². The number of H-pyrrole nitrogens is 1. The molecule has 0 bridgehead atoms. The summed E-state index contributed by atoms with van der Waals surface area (Å²) < 4.78 is 14.2. The Balaban J connectivity index is 1.88. The molecule has 0 unspecified atom stereocenters. The van der Waals surface area contributed by atoms with E-state index in [0.29, 0.717) is 16.6 Å². The minimum atomic E-state index is -1.17. The Labute approximate surface area is 149 Å². The number of hydrogen-bond donors (Lipinski definition) is 3. The van der Waals surface area contributed by atoms with E-state index >= 15 is 0 Å². The van der Waals surface area contributed by atoms with Gasteiger partial charge in [-0.15, -0.1) is 0 Å². The fourth-order valence-corrected chi connectivity index (χ4v) is 2.52. The van der Waals surface area contributed by atoms with Gasteiger partial charge in [-0.2, -0.15) is 5.10 Å². The standard InChI is InChI=1S/C19H19FN4O2/c1-19(2,26)10-18(25)22-17-8-13-15(23-24-16(13)9-14(17)20)6-5-12-4-3-7-21-11-12/h3-9,11,26H,10H2,1-2H3,(H,22,25)(H,23,24)/b6-5+. The van der Waals surface area contributed by atoms with E-state index in [-0.39, 0.29) is 12.1 Å². The van der Waals surface area contributed by atoms with Crippen molar-refractivity contribution in [2.24, 2.45) is 0 Å². The second-order valence-corrected chi connectivity index (χ2v) is 6.64. The molecule has 0 aliphatic carbocycles. The number of rotatable bonds is 5. The first-order chi connectivity index (χ1) is 12.3. The zero-order valence-electron chi connectivity index (χ0n) is 14.5. The largest absolute Gasteiger partial charge is 0.390 e. The molecule has 2 heterocycles. The van der Waals surface area contributed by atoms with Gasteiger partial charge in [-0.1, -0.05) is 12.1 Å². The lowest BCUT2D eigenvalue weighted by Gasteiger charge is -2.16. The van der Waals surface area contributed by atoms with Gasteiger partial charge in [0.15, 0.2) is 0 Å². The molecule has 0 atom stereocenters. The average Bonchev–Trinajstić information content (AvgIpc) is 2.94. The van der Waals surface area contributed by atoms with Crippen LogP contribution in [0.5, 0.6) is 0 Å². The van der Waals surface area contributed by atoms with Gasteiger partial charge < -0.3 is 10.4 Å². The summed E-state index contributed by atoms with van der Waals surface area (Å²) >= 11 is 0. The van der Waals surface area contributed by atoms with E-state index in [1.165, 1.54) is 26.0 Å². The second-order valence-electron chi connectivity index (χ2n) is 6.64. The Hall–Kier alpha value is -3.06. The van der Waals surface area contributed by atoms with Crippen molar-refractivity contribution in [2.75, 3.05) is 5.32 Å². The molecule has 6 nitrogen and oxygen atoms in total. The van der Waals surface area contributed by atoms with E-state index in [9.17, 15) is 14.3 Å². The molecule has 134 valence electrons. The number of aromatic amines is 1. The molecule has 0 radical (unpaired) electrons. The van der Waals surface area contributed by atoms with Crippen molar-refractivity contribution in [3.63, 3.8) is 0 Å². The van der Waals surface area contributed by atoms with E-state index in [2.05, 4.69) is 20.5 Å². The molecule has 3 rings (SSSR count). The van der Waals surface area contributed by atoms with Crippen molar-refractivity contribution in [2.45, 2.75) is 25.9 Å². The molecule has 0 saturated carbocycles. The summed E-state index contributed by atoms with van der Waals surface area (Å²) in [7, 11) is 0. The van der Waals surface area contributed by atoms with E-state index in [4.69, 9.17) is 0 Å². The highest BCUT2D eigenvalue weighted by Crippen LogP contribution is 2.25. The Morgan fingerprint density at radius 2 is 2.19 bits per heavy atom. The van der Waals surface area contributed by atoms with Crippen LogP contribution in [-0.2, 0) is 4.79 Å². The van der Waals surface area contributed by atoms with E-state index in [0.717, 1.165) is 5.56 Å². The number of anilines is 1. The highest BCUT2D eigenvalue weighted by Gasteiger charge is 2.19. The molecule has 3 aromatic rings. The molecule has 0 fully saturated rings. The second kappa shape index (κ2) is 7.05. The third-order valence-corrected chi connectivity index (χ3v) is 3.67. The average molecular weight is 354 g/mol. The first-order valence-electron chi connectivity index (χ1n) is 8.10. The van der Waals surface area contributed by atoms with Crippen molar-refractivity contribution in [1.82, 2.24) is 15.2 Å². The fourth-order valence-electron chi connectivity index (χ4n) is 2.52. The summed E-state index contributed by atoms with van der Waals surface area (Å²) in [5, 5.41) is 19.8. The fraction of sp³-hybridized carbons (Fsp3) is 0.211. The quantitative estimate of drug-likeness (QED) is 0.655. The van der Waals surface area contributed by atoms with Crippen LogP contribution in [0.3, 0.4) is 0 Å². The summed E-state index contributed by atoms with van der Waals surface area (Å²) in [4.78, 5) is 16.0. The van der Waals surface area contributed by atoms with Gasteiger partial charge >= 0.3 is 0 Å².